The molecule has 1 aliphatic rings. The van der Waals surface area contributed by atoms with Crippen molar-refractivity contribution in [1.82, 2.24) is 0 Å². The number of ether oxygens (including phenoxy) is 1. The first-order valence-electron chi connectivity index (χ1n) is 4.14. The Morgan fingerprint density at radius 2 is 2.00 bits per heavy atom. The van der Waals surface area contributed by atoms with Gasteiger partial charge in [-0.3, -0.25) is 0 Å². The summed E-state index contributed by atoms with van der Waals surface area (Å²) < 4.78 is 5.23. The minimum atomic E-state index is 0.698. The van der Waals surface area contributed by atoms with Gasteiger partial charge in [-0.1, -0.05) is 20.8 Å². The van der Waals surface area contributed by atoms with Gasteiger partial charge >= 0.3 is 0 Å². The van der Waals surface area contributed by atoms with E-state index in [2.05, 4.69) is 16.2 Å². The highest BCUT2D eigenvalue weighted by Gasteiger charge is 2.16. The van der Waals surface area contributed by atoms with Gasteiger partial charge in [0.1, 0.15) is 0 Å². The van der Waals surface area contributed by atoms with E-state index in [1.165, 1.54) is 6.42 Å². The van der Waals surface area contributed by atoms with Crippen LogP contribution < -0.4 is 0 Å². The predicted octanol–water partition coefficient (Wildman–Crippen LogP) is 2.31. The van der Waals surface area contributed by atoms with Gasteiger partial charge in [-0.25, -0.2) is 0 Å². The largest absolute Gasteiger partial charge is 0.381 e. The highest BCUT2D eigenvalue weighted by atomic mass is 31.0. The molecule has 0 amide bonds. The summed E-state index contributed by atoms with van der Waals surface area (Å²) in [7, 11) is 2.82. The summed E-state index contributed by atoms with van der Waals surface area (Å²) in [6, 6.07) is 0. The minimum Gasteiger partial charge on any atom is -0.381 e. The molecule has 0 saturated carbocycles. The fraction of sp³-hybridized carbons (Fsp3) is 1.00. The fourth-order valence-corrected chi connectivity index (χ4v) is 1.20. The molecule has 10 heavy (non-hydrogen) atoms. The molecule has 1 aliphatic heterocycles. The molecule has 0 aromatic carbocycles. The van der Waals surface area contributed by atoms with Gasteiger partial charge in [0, 0.05) is 6.61 Å². The highest BCUT2D eigenvalue weighted by molar-refractivity contribution is 7.17. The van der Waals surface area contributed by atoms with Crippen molar-refractivity contribution in [2.45, 2.75) is 32.9 Å². The van der Waals surface area contributed by atoms with Gasteiger partial charge in [0.2, 0.25) is 0 Å². The Morgan fingerprint density at radius 3 is 2.30 bits per heavy atom. The molecule has 3 atom stereocenters. The van der Waals surface area contributed by atoms with Crippen molar-refractivity contribution in [1.29, 1.82) is 0 Å². The van der Waals surface area contributed by atoms with Crippen LogP contribution in [0.3, 0.4) is 0 Å². The van der Waals surface area contributed by atoms with E-state index in [0.717, 1.165) is 19.1 Å². The van der Waals surface area contributed by atoms with Gasteiger partial charge in [0.25, 0.3) is 0 Å². The molecule has 1 nitrogen and oxygen atoms in total. The molecule has 2 heteroatoms. The summed E-state index contributed by atoms with van der Waals surface area (Å²) in [6.07, 6.45) is 1.23. The van der Waals surface area contributed by atoms with E-state index in [1.807, 2.05) is 13.8 Å². The third-order valence-corrected chi connectivity index (χ3v) is 2.61. The van der Waals surface area contributed by atoms with Crippen molar-refractivity contribution in [3.63, 3.8) is 0 Å². The molecular formula is C8H19OP. The zero-order valence-electron chi connectivity index (χ0n) is 7.26. The van der Waals surface area contributed by atoms with Crippen LogP contribution in [0.4, 0.5) is 0 Å². The monoisotopic (exact) mass is 162 g/mol. The second kappa shape index (κ2) is 6.12. The van der Waals surface area contributed by atoms with E-state index in [4.69, 9.17) is 4.74 Å². The molecule has 0 N–H and O–H groups in total. The zero-order chi connectivity index (χ0) is 7.98. The standard InChI is InChI=1S/C6H13OP.C2H6/c1-5-2-3-7-4-6(5)8;1-2/h5-6H,2-4,8H2,1H3;1-2H3. The lowest BCUT2D eigenvalue weighted by Crippen LogP contribution is -2.25. The van der Waals surface area contributed by atoms with Crippen LogP contribution in [0.15, 0.2) is 0 Å². The van der Waals surface area contributed by atoms with Crippen LogP contribution in [0.2, 0.25) is 0 Å². The molecule has 3 unspecified atom stereocenters. The molecule has 0 aromatic rings. The number of hydrogen-bond acceptors (Lipinski definition) is 1. The lowest BCUT2D eigenvalue weighted by Gasteiger charge is -2.24. The Kier molecular flexibility index (Phi) is 6.36. The average molecular weight is 162 g/mol. The van der Waals surface area contributed by atoms with Crippen LogP contribution in [0.5, 0.6) is 0 Å². The molecule has 0 spiro atoms. The van der Waals surface area contributed by atoms with Crippen LogP contribution >= 0.6 is 9.24 Å². The lowest BCUT2D eigenvalue weighted by molar-refractivity contribution is 0.0768. The van der Waals surface area contributed by atoms with Gasteiger partial charge in [-0.2, -0.15) is 0 Å². The molecule has 0 aliphatic carbocycles. The third-order valence-electron chi connectivity index (χ3n) is 1.76. The van der Waals surface area contributed by atoms with Crippen molar-refractivity contribution in [2.24, 2.45) is 5.92 Å². The molecule has 1 heterocycles. The van der Waals surface area contributed by atoms with Gasteiger partial charge in [0.15, 0.2) is 0 Å². The summed E-state index contributed by atoms with van der Waals surface area (Å²) in [5.41, 5.74) is 0.698. The van der Waals surface area contributed by atoms with E-state index in [-0.39, 0.29) is 0 Å². The number of rotatable bonds is 0. The summed E-state index contributed by atoms with van der Waals surface area (Å²) in [4.78, 5) is 0. The summed E-state index contributed by atoms with van der Waals surface area (Å²) in [6.45, 7) is 8.18. The van der Waals surface area contributed by atoms with Crippen LogP contribution in [0, 0.1) is 5.92 Å². The second-order valence-electron chi connectivity index (χ2n) is 2.50. The van der Waals surface area contributed by atoms with E-state index >= 15 is 0 Å². The van der Waals surface area contributed by atoms with E-state index in [9.17, 15) is 0 Å². The Bertz CT molecular complexity index is 65.7. The maximum absolute atomic E-state index is 5.23. The van der Waals surface area contributed by atoms with Crippen molar-refractivity contribution < 1.29 is 4.74 Å². The Hall–Kier alpha value is 0.390. The topological polar surface area (TPSA) is 9.23 Å². The Balaban J connectivity index is 0.000000371. The molecular weight excluding hydrogens is 143 g/mol. The molecule has 1 fully saturated rings. The summed E-state index contributed by atoms with van der Waals surface area (Å²) >= 11 is 0. The van der Waals surface area contributed by atoms with Gasteiger partial charge in [-0.05, 0) is 18.0 Å². The lowest BCUT2D eigenvalue weighted by atomic mass is 10.0. The highest BCUT2D eigenvalue weighted by Crippen LogP contribution is 2.20. The van der Waals surface area contributed by atoms with Crippen molar-refractivity contribution >= 4 is 9.24 Å². The smallest absolute Gasteiger partial charge is 0.0531 e. The third kappa shape index (κ3) is 3.53. The second-order valence-corrected chi connectivity index (χ2v) is 3.36. The molecule has 0 radical (unpaired) electrons. The molecule has 0 aromatic heterocycles. The normalized spacial score (nSPS) is 32.4. The van der Waals surface area contributed by atoms with E-state index in [1.54, 1.807) is 0 Å². The first-order chi connectivity index (χ1) is 4.80. The van der Waals surface area contributed by atoms with Crippen LogP contribution in [0.1, 0.15) is 27.2 Å². The van der Waals surface area contributed by atoms with Crippen molar-refractivity contribution in [3.8, 4) is 0 Å². The first kappa shape index (κ1) is 10.4. The Labute approximate surface area is 66.7 Å². The summed E-state index contributed by atoms with van der Waals surface area (Å²) in [5, 5.41) is 0. The maximum atomic E-state index is 5.23. The maximum Gasteiger partial charge on any atom is 0.0531 e. The van der Waals surface area contributed by atoms with Crippen LogP contribution in [-0.4, -0.2) is 18.9 Å². The first-order valence-corrected chi connectivity index (χ1v) is 4.80. The number of hydrogen-bond donors (Lipinski definition) is 0. The Morgan fingerprint density at radius 1 is 1.40 bits per heavy atom. The van der Waals surface area contributed by atoms with Crippen molar-refractivity contribution in [2.75, 3.05) is 13.2 Å². The van der Waals surface area contributed by atoms with Gasteiger partial charge in [0.05, 0.1) is 6.61 Å². The average Bonchev–Trinajstić information content (AvgIpc) is 2.00. The van der Waals surface area contributed by atoms with Crippen LogP contribution in [0.25, 0.3) is 0 Å². The summed E-state index contributed by atoms with van der Waals surface area (Å²) in [5.74, 6) is 0.841. The SMILES string of the molecule is CC.CC1CCOCC1P. The zero-order valence-corrected chi connectivity index (χ0v) is 8.42. The van der Waals surface area contributed by atoms with Crippen molar-refractivity contribution in [3.05, 3.63) is 0 Å². The van der Waals surface area contributed by atoms with Gasteiger partial charge < -0.3 is 4.74 Å². The van der Waals surface area contributed by atoms with E-state index < -0.39 is 0 Å². The predicted molar refractivity (Wildman–Crippen MR) is 49.4 cm³/mol. The van der Waals surface area contributed by atoms with E-state index in [0.29, 0.717) is 5.66 Å². The van der Waals surface area contributed by atoms with Crippen LogP contribution in [-0.2, 0) is 4.74 Å². The molecule has 62 valence electrons. The fourth-order valence-electron chi connectivity index (χ4n) is 0.867. The minimum absolute atomic E-state index is 0.698. The molecule has 0 bridgehead atoms. The quantitative estimate of drug-likeness (QED) is 0.497. The van der Waals surface area contributed by atoms with Gasteiger partial charge in [-0.15, -0.1) is 9.24 Å². The molecule has 1 saturated heterocycles. The molecule has 1 rings (SSSR count).